The van der Waals surface area contributed by atoms with Gasteiger partial charge in [0.1, 0.15) is 0 Å². The fourth-order valence-corrected chi connectivity index (χ4v) is 0.724. The van der Waals surface area contributed by atoms with Gasteiger partial charge in [0.05, 0.1) is 0 Å². The molecule has 0 aliphatic heterocycles. The van der Waals surface area contributed by atoms with Crippen molar-refractivity contribution in [3.8, 4) is 0 Å². The van der Waals surface area contributed by atoms with Gasteiger partial charge >= 0.3 is 0 Å². The molecule has 15 heavy (non-hydrogen) atoms. The Kier molecular flexibility index (Phi) is 72.0. The summed E-state index contributed by atoms with van der Waals surface area (Å²) >= 11 is 0. The number of hydrogen-bond donors (Lipinski definition) is 2. The van der Waals surface area contributed by atoms with Gasteiger partial charge in [-0.2, -0.15) is 0 Å². The average Bonchev–Trinajstić information content (AvgIpc) is 2.12. The molecule has 0 rings (SSSR count). The third-order valence-electron chi connectivity index (χ3n) is 1.52. The molecule has 96 valence electrons. The normalized spacial score (nSPS) is 7.20. The molecule has 0 fully saturated rings. The van der Waals surface area contributed by atoms with Crippen molar-refractivity contribution in [3.05, 3.63) is 0 Å². The zero-order chi connectivity index (χ0) is 9.66. The van der Waals surface area contributed by atoms with Gasteiger partial charge in [-0.15, -0.1) is 0 Å². The van der Waals surface area contributed by atoms with Crippen molar-refractivity contribution < 1.29 is 47.4 Å². The molecule has 0 amide bonds. The molecule has 0 bridgehead atoms. The van der Waals surface area contributed by atoms with Crippen LogP contribution in [0.15, 0.2) is 0 Å². The molecule has 0 saturated heterocycles. The van der Waals surface area contributed by atoms with Crippen LogP contribution in [0.2, 0.25) is 0 Å². The minimum Gasteiger partial charge on any atom is -0.412 e. The Balaban J connectivity index is -0.0000000370. The quantitative estimate of drug-likeness (QED) is 0.705. The minimum absolute atomic E-state index is 0. The van der Waals surface area contributed by atoms with Crippen LogP contribution in [0.25, 0.3) is 0 Å². The first-order valence-electron chi connectivity index (χ1n) is 5.05. The smallest absolute Gasteiger partial charge is 0.0431 e. The van der Waals surface area contributed by atoms with Crippen LogP contribution in [0.1, 0.15) is 52.4 Å². The Labute approximate surface area is 113 Å². The second-order valence-corrected chi connectivity index (χ2v) is 2.86. The Morgan fingerprint density at radius 3 is 1.00 bits per heavy atom. The molecule has 0 aliphatic carbocycles. The van der Waals surface area contributed by atoms with Crippen molar-refractivity contribution in [2.75, 3.05) is 13.2 Å². The van der Waals surface area contributed by atoms with E-state index in [1.807, 2.05) is 0 Å². The topological polar surface area (TPSA) is 103 Å². The summed E-state index contributed by atoms with van der Waals surface area (Å²) in [6.07, 6.45) is 6.65. The molecule has 4 nitrogen and oxygen atoms in total. The summed E-state index contributed by atoms with van der Waals surface area (Å²) in [5, 5.41) is 16.4. The van der Waals surface area contributed by atoms with Crippen LogP contribution in [0.3, 0.4) is 0 Å². The van der Waals surface area contributed by atoms with E-state index in [4.69, 9.17) is 10.2 Å². The van der Waals surface area contributed by atoms with E-state index < -0.39 is 0 Å². The van der Waals surface area contributed by atoms with E-state index in [1.165, 1.54) is 12.8 Å². The van der Waals surface area contributed by atoms with Gasteiger partial charge in [0.25, 0.3) is 0 Å². The summed E-state index contributed by atoms with van der Waals surface area (Å²) in [4.78, 5) is 0. The van der Waals surface area contributed by atoms with Gasteiger partial charge < -0.3 is 21.2 Å². The SMILES string of the molecule is CCCCCO.CCCCCO.O.O.[Zr]. The molecule has 0 spiro atoms. The van der Waals surface area contributed by atoms with Crippen LogP contribution in [-0.4, -0.2) is 34.4 Å². The van der Waals surface area contributed by atoms with Gasteiger partial charge in [-0.05, 0) is 12.8 Å². The maximum Gasteiger partial charge on any atom is 0.0431 e. The maximum atomic E-state index is 8.20. The fourth-order valence-electron chi connectivity index (χ4n) is 0.724. The molecular weight excluding hydrogens is 275 g/mol. The first kappa shape index (κ1) is 29.6. The van der Waals surface area contributed by atoms with E-state index in [0.29, 0.717) is 13.2 Å². The summed E-state index contributed by atoms with van der Waals surface area (Å²) in [6.45, 7) is 4.95. The second-order valence-electron chi connectivity index (χ2n) is 2.86. The molecule has 0 atom stereocenters. The van der Waals surface area contributed by atoms with E-state index in [-0.39, 0.29) is 37.2 Å². The Bertz CT molecular complexity index is 49.4. The zero-order valence-corrected chi connectivity index (χ0v) is 12.5. The molecular formula is C10H28O4Zr. The number of rotatable bonds is 6. The molecule has 0 aromatic carbocycles. The monoisotopic (exact) mass is 302 g/mol. The van der Waals surface area contributed by atoms with E-state index >= 15 is 0 Å². The Hall–Kier alpha value is 0.723. The molecule has 5 heteroatoms. The van der Waals surface area contributed by atoms with Gasteiger partial charge in [0.2, 0.25) is 0 Å². The largest absolute Gasteiger partial charge is 0.412 e. The van der Waals surface area contributed by atoms with Crippen molar-refractivity contribution >= 4 is 0 Å². The third-order valence-corrected chi connectivity index (χ3v) is 1.52. The van der Waals surface area contributed by atoms with E-state index in [0.717, 1.165) is 25.7 Å². The van der Waals surface area contributed by atoms with Crippen molar-refractivity contribution in [2.45, 2.75) is 52.4 Å². The van der Waals surface area contributed by atoms with Crippen molar-refractivity contribution in [1.82, 2.24) is 0 Å². The fraction of sp³-hybridized carbons (Fsp3) is 1.00. The van der Waals surface area contributed by atoms with Crippen LogP contribution < -0.4 is 0 Å². The molecule has 0 aromatic heterocycles. The Morgan fingerprint density at radius 2 is 0.933 bits per heavy atom. The minimum atomic E-state index is 0. The predicted octanol–water partition coefficient (Wildman–Crippen LogP) is 0.686. The number of unbranched alkanes of at least 4 members (excludes halogenated alkanes) is 4. The van der Waals surface area contributed by atoms with Gasteiger partial charge in [-0.25, -0.2) is 0 Å². The number of aliphatic hydroxyl groups is 2. The molecule has 0 radical (unpaired) electrons. The Morgan fingerprint density at radius 1 is 0.667 bits per heavy atom. The van der Waals surface area contributed by atoms with Crippen molar-refractivity contribution in [1.29, 1.82) is 0 Å². The summed E-state index contributed by atoms with van der Waals surface area (Å²) in [5.41, 5.74) is 0. The van der Waals surface area contributed by atoms with Crippen LogP contribution in [-0.2, 0) is 26.2 Å². The molecule has 0 aliphatic rings. The van der Waals surface area contributed by atoms with Crippen molar-refractivity contribution in [2.24, 2.45) is 0 Å². The van der Waals surface area contributed by atoms with Gasteiger partial charge in [0, 0.05) is 39.4 Å². The van der Waals surface area contributed by atoms with E-state index in [9.17, 15) is 0 Å². The van der Waals surface area contributed by atoms with Crippen LogP contribution in [0.4, 0.5) is 0 Å². The zero-order valence-electron chi connectivity index (χ0n) is 10.1. The van der Waals surface area contributed by atoms with Gasteiger partial charge in [-0.3, -0.25) is 0 Å². The standard InChI is InChI=1S/2C5H12O.2H2O.Zr/c2*1-2-3-4-5-6;;;/h2*6H,2-5H2,1H3;2*1H2;. The molecule has 0 saturated carbocycles. The summed E-state index contributed by atoms with van der Waals surface area (Å²) in [5.74, 6) is 0. The predicted molar refractivity (Wildman–Crippen MR) is 60.4 cm³/mol. The maximum absolute atomic E-state index is 8.20. The number of hydrogen-bond acceptors (Lipinski definition) is 2. The second kappa shape index (κ2) is 36.4. The molecule has 0 aromatic rings. The molecule has 0 unspecified atom stereocenters. The van der Waals surface area contributed by atoms with Crippen LogP contribution in [0.5, 0.6) is 0 Å². The average molecular weight is 304 g/mol. The van der Waals surface area contributed by atoms with Gasteiger partial charge in [-0.1, -0.05) is 39.5 Å². The summed E-state index contributed by atoms with van der Waals surface area (Å²) < 4.78 is 0. The van der Waals surface area contributed by atoms with Crippen molar-refractivity contribution in [3.63, 3.8) is 0 Å². The summed E-state index contributed by atoms with van der Waals surface area (Å²) in [7, 11) is 0. The molecule has 6 N–H and O–H groups in total. The van der Waals surface area contributed by atoms with E-state index in [1.54, 1.807) is 0 Å². The number of aliphatic hydroxyl groups excluding tert-OH is 2. The van der Waals surface area contributed by atoms with E-state index in [2.05, 4.69) is 13.8 Å². The van der Waals surface area contributed by atoms with Crippen LogP contribution in [0, 0.1) is 0 Å². The summed E-state index contributed by atoms with van der Waals surface area (Å²) in [6, 6.07) is 0. The van der Waals surface area contributed by atoms with Crippen LogP contribution >= 0.6 is 0 Å². The first-order chi connectivity index (χ1) is 5.83. The van der Waals surface area contributed by atoms with Gasteiger partial charge in [0.15, 0.2) is 0 Å². The molecule has 0 heterocycles. The first-order valence-corrected chi connectivity index (χ1v) is 5.05. The third kappa shape index (κ3) is 52.7.